The van der Waals surface area contributed by atoms with Gasteiger partial charge in [0.2, 0.25) is 0 Å². The number of hydrogen-bond donors (Lipinski definition) is 2. The van der Waals surface area contributed by atoms with Crippen LogP contribution >= 0.6 is 0 Å². The number of amides is 2. The molecule has 18 heavy (non-hydrogen) atoms. The summed E-state index contributed by atoms with van der Waals surface area (Å²) in [5.74, 6) is -1.00. The van der Waals surface area contributed by atoms with Gasteiger partial charge in [-0.15, -0.1) is 0 Å². The molecule has 2 amide bonds. The molecule has 0 atom stereocenters. The van der Waals surface area contributed by atoms with Crippen molar-refractivity contribution >= 4 is 12.0 Å². The fourth-order valence-corrected chi connectivity index (χ4v) is 1.47. The molecule has 0 spiro atoms. The Balaban J connectivity index is 2.39. The van der Waals surface area contributed by atoms with Crippen molar-refractivity contribution in [3.8, 4) is 0 Å². The van der Waals surface area contributed by atoms with Crippen LogP contribution in [0.3, 0.4) is 0 Å². The third-order valence-electron chi connectivity index (χ3n) is 2.87. The number of carboxylic acids is 1. The summed E-state index contributed by atoms with van der Waals surface area (Å²) >= 11 is 0. The van der Waals surface area contributed by atoms with Crippen LogP contribution in [0.15, 0.2) is 0 Å². The molecule has 5 nitrogen and oxygen atoms in total. The molecule has 0 radical (unpaired) electrons. The summed E-state index contributed by atoms with van der Waals surface area (Å²) in [6.45, 7) is 0.103. The van der Waals surface area contributed by atoms with E-state index in [-0.39, 0.29) is 32.2 Å². The zero-order chi connectivity index (χ0) is 14.0. The predicted octanol–water partition coefficient (Wildman–Crippen LogP) is 1.59. The highest BCUT2D eigenvalue weighted by Gasteiger charge is 2.64. The number of nitrogens with zero attached hydrogens (tertiary/aromatic N) is 1. The van der Waals surface area contributed by atoms with E-state index in [1.54, 1.807) is 0 Å². The summed E-state index contributed by atoms with van der Waals surface area (Å²) in [4.78, 5) is 22.8. The molecular weight excluding hydrogens is 253 g/mol. The molecule has 0 aromatic heterocycles. The lowest BCUT2D eigenvalue weighted by Crippen LogP contribution is -2.52. The Morgan fingerprint density at radius 2 is 1.94 bits per heavy atom. The second kappa shape index (κ2) is 5.03. The maximum atomic E-state index is 12.6. The first-order valence-corrected chi connectivity index (χ1v) is 5.50. The molecule has 104 valence electrons. The van der Waals surface area contributed by atoms with Crippen molar-refractivity contribution in [3.63, 3.8) is 0 Å². The monoisotopic (exact) mass is 268 g/mol. The van der Waals surface area contributed by atoms with Crippen molar-refractivity contribution in [1.82, 2.24) is 10.2 Å². The lowest BCUT2D eigenvalue weighted by Gasteiger charge is -2.24. The van der Waals surface area contributed by atoms with Crippen molar-refractivity contribution in [2.24, 2.45) is 0 Å². The van der Waals surface area contributed by atoms with Gasteiger partial charge in [-0.3, -0.25) is 4.79 Å². The summed E-state index contributed by atoms with van der Waals surface area (Å²) in [5.41, 5.74) is -2.08. The molecule has 0 aromatic carbocycles. The summed E-state index contributed by atoms with van der Waals surface area (Å²) in [5, 5.41) is 10.4. The molecule has 8 heteroatoms. The van der Waals surface area contributed by atoms with Crippen molar-refractivity contribution in [1.29, 1.82) is 0 Å². The van der Waals surface area contributed by atoms with Crippen LogP contribution in [0.25, 0.3) is 0 Å². The minimum Gasteiger partial charge on any atom is -0.481 e. The smallest absolute Gasteiger partial charge is 0.411 e. The van der Waals surface area contributed by atoms with E-state index in [1.165, 1.54) is 7.05 Å². The van der Waals surface area contributed by atoms with Gasteiger partial charge in [0.15, 0.2) is 0 Å². The van der Waals surface area contributed by atoms with Crippen molar-refractivity contribution < 1.29 is 27.9 Å². The number of alkyl halides is 3. The first-order chi connectivity index (χ1) is 8.18. The van der Waals surface area contributed by atoms with Crippen molar-refractivity contribution in [2.45, 2.75) is 37.4 Å². The molecule has 0 aliphatic heterocycles. The lowest BCUT2D eigenvalue weighted by atomic mass is 10.2. The Labute approximate surface area is 102 Å². The molecule has 0 aromatic rings. The summed E-state index contributed by atoms with van der Waals surface area (Å²) in [6, 6.07) is -0.824. The average molecular weight is 268 g/mol. The Morgan fingerprint density at radius 3 is 2.33 bits per heavy atom. The van der Waals surface area contributed by atoms with Crippen LogP contribution in [-0.2, 0) is 4.79 Å². The standard InChI is InChI=1S/C10H15F3N2O3/c1-15(6-2-3-7(16)17)8(18)14-9(4-5-9)10(11,12)13/h2-6H2,1H3,(H,14,18)(H,16,17). The maximum absolute atomic E-state index is 12.6. The number of hydrogen-bond acceptors (Lipinski definition) is 2. The number of nitrogens with one attached hydrogen (secondary N) is 1. The van der Waals surface area contributed by atoms with Gasteiger partial charge in [0.1, 0.15) is 5.54 Å². The third kappa shape index (κ3) is 3.51. The topological polar surface area (TPSA) is 69.6 Å². The van der Waals surface area contributed by atoms with E-state index in [4.69, 9.17) is 5.11 Å². The van der Waals surface area contributed by atoms with E-state index in [0.29, 0.717) is 0 Å². The number of carbonyl (C=O) groups is 2. The minimum absolute atomic E-state index is 0.103. The van der Waals surface area contributed by atoms with Crippen LogP contribution in [0.1, 0.15) is 25.7 Å². The van der Waals surface area contributed by atoms with E-state index in [2.05, 4.69) is 0 Å². The van der Waals surface area contributed by atoms with Crippen molar-refractivity contribution in [2.75, 3.05) is 13.6 Å². The van der Waals surface area contributed by atoms with Gasteiger partial charge in [0.25, 0.3) is 0 Å². The largest absolute Gasteiger partial charge is 0.481 e. The molecule has 0 saturated heterocycles. The van der Waals surface area contributed by atoms with E-state index in [1.807, 2.05) is 5.32 Å². The quantitative estimate of drug-likeness (QED) is 0.795. The van der Waals surface area contributed by atoms with Crippen LogP contribution in [0.4, 0.5) is 18.0 Å². The fourth-order valence-electron chi connectivity index (χ4n) is 1.47. The van der Waals surface area contributed by atoms with Gasteiger partial charge in [-0.2, -0.15) is 13.2 Å². The molecule has 0 unspecified atom stereocenters. The number of carboxylic acid groups (broad SMARTS) is 1. The van der Waals surface area contributed by atoms with Crippen LogP contribution in [0.2, 0.25) is 0 Å². The SMILES string of the molecule is CN(CCCC(=O)O)C(=O)NC1(C(F)(F)F)CC1. The van der Waals surface area contributed by atoms with Gasteiger partial charge in [-0.1, -0.05) is 0 Å². The molecule has 1 aliphatic rings. The molecule has 2 N–H and O–H groups in total. The average Bonchev–Trinajstić information content (AvgIpc) is 2.97. The highest BCUT2D eigenvalue weighted by atomic mass is 19.4. The van der Waals surface area contributed by atoms with E-state index < -0.39 is 23.7 Å². The van der Waals surface area contributed by atoms with Gasteiger partial charge in [0, 0.05) is 20.0 Å². The summed E-state index contributed by atoms with van der Waals surface area (Å²) < 4.78 is 37.7. The summed E-state index contributed by atoms with van der Waals surface area (Å²) in [7, 11) is 1.34. The number of carbonyl (C=O) groups excluding carboxylic acids is 1. The normalized spacial score (nSPS) is 17.1. The van der Waals surface area contributed by atoms with Crippen molar-refractivity contribution in [3.05, 3.63) is 0 Å². The van der Waals surface area contributed by atoms with Crippen LogP contribution in [0.5, 0.6) is 0 Å². The Bertz CT molecular complexity index is 340. The maximum Gasteiger partial charge on any atom is 0.411 e. The number of aliphatic carboxylic acids is 1. The Morgan fingerprint density at radius 1 is 1.39 bits per heavy atom. The Kier molecular flexibility index (Phi) is 4.08. The molecule has 1 saturated carbocycles. The molecular formula is C10H15F3N2O3. The van der Waals surface area contributed by atoms with Gasteiger partial charge in [0.05, 0.1) is 0 Å². The minimum atomic E-state index is -4.44. The highest BCUT2D eigenvalue weighted by molar-refractivity contribution is 5.75. The highest BCUT2D eigenvalue weighted by Crippen LogP contribution is 2.48. The second-order valence-electron chi connectivity index (χ2n) is 4.43. The third-order valence-corrected chi connectivity index (χ3v) is 2.87. The predicted molar refractivity (Wildman–Crippen MR) is 56.1 cm³/mol. The van der Waals surface area contributed by atoms with E-state index in [0.717, 1.165) is 4.90 Å². The van der Waals surface area contributed by atoms with Crippen LogP contribution in [-0.4, -0.2) is 47.3 Å². The van der Waals surface area contributed by atoms with Crippen LogP contribution < -0.4 is 5.32 Å². The van der Waals surface area contributed by atoms with Gasteiger partial charge < -0.3 is 15.3 Å². The number of urea groups is 1. The Hall–Kier alpha value is -1.47. The van der Waals surface area contributed by atoms with E-state index in [9.17, 15) is 22.8 Å². The van der Waals surface area contributed by atoms with Gasteiger partial charge in [-0.25, -0.2) is 4.79 Å². The van der Waals surface area contributed by atoms with Crippen LogP contribution in [0, 0.1) is 0 Å². The molecule has 1 rings (SSSR count). The molecule has 0 heterocycles. The van der Waals surface area contributed by atoms with Gasteiger partial charge in [-0.05, 0) is 19.3 Å². The first-order valence-electron chi connectivity index (χ1n) is 5.50. The fraction of sp³-hybridized carbons (Fsp3) is 0.800. The molecule has 0 bridgehead atoms. The molecule has 1 aliphatic carbocycles. The first kappa shape index (κ1) is 14.6. The summed E-state index contributed by atoms with van der Waals surface area (Å²) in [6.07, 6.45) is -4.57. The zero-order valence-corrected chi connectivity index (χ0v) is 9.88. The lowest BCUT2D eigenvalue weighted by molar-refractivity contribution is -0.163. The number of halogens is 3. The zero-order valence-electron chi connectivity index (χ0n) is 9.88. The van der Waals surface area contributed by atoms with Gasteiger partial charge >= 0.3 is 18.2 Å². The second-order valence-corrected chi connectivity index (χ2v) is 4.43. The number of rotatable bonds is 5. The molecule has 1 fully saturated rings. The van der Waals surface area contributed by atoms with E-state index >= 15 is 0 Å².